The summed E-state index contributed by atoms with van der Waals surface area (Å²) < 4.78 is 0. The van der Waals surface area contributed by atoms with Gasteiger partial charge >= 0.3 is 0 Å². The van der Waals surface area contributed by atoms with Gasteiger partial charge in [0.05, 0.1) is 0 Å². The maximum atomic E-state index is 4.40. The number of nitrogens with one attached hydrogen (secondary N) is 1. The Balaban J connectivity index is 1.99. The van der Waals surface area contributed by atoms with Crippen molar-refractivity contribution in [1.82, 2.24) is 20.5 Å². The predicted molar refractivity (Wildman–Crippen MR) is 70.3 cm³/mol. The topological polar surface area (TPSA) is 53.9 Å². The second-order valence-corrected chi connectivity index (χ2v) is 4.24. The molecule has 0 aliphatic carbocycles. The van der Waals surface area contributed by atoms with Crippen LogP contribution < -0.4 is 10.2 Å². The molecule has 1 fully saturated rings. The summed E-state index contributed by atoms with van der Waals surface area (Å²) in [5.41, 5.74) is 1.92. The van der Waals surface area contributed by atoms with Crippen LogP contribution in [-0.2, 0) is 0 Å². The second kappa shape index (κ2) is 5.10. The summed E-state index contributed by atoms with van der Waals surface area (Å²) in [7, 11) is 0. The molecule has 0 atom stereocenters. The summed E-state index contributed by atoms with van der Waals surface area (Å²) in [4.78, 5) is 6.66. The summed E-state index contributed by atoms with van der Waals surface area (Å²) in [6.45, 7) is 3.88. The molecule has 1 N–H and O–H groups in total. The zero-order valence-corrected chi connectivity index (χ0v) is 10.1. The van der Waals surface area contributed by atoms with E-state index in [1.54, 1.807) is 0 Å². The molecule has 1 aromatic heterocycles. The lowest BCUT2D eigenvalue weighted by molar-refractivity contribution is 0.583. The van der Waals surface area contributed by atoms with E-state index in [9.17, 15) is 0 Å². The van der Waals surface area contributed by atoms with Gasteiger partial charge in [-0.3, -0.25) is 0 Å². The van der Waals surface area contributed by atoms with Crippen molar-refractivity contribution in [2.75, 3.05) is 31.1 Å². The zero-order chi connectivity index (χ0) is 12.2. The maximum absolute atomic E-state index is 4.40. The molecule has 5 nitrogen and oxygen atoms in total. The highest BCUT2D eigenvalue weighted by atomic mass is 15.3. The van der Waals surface area contributed by atoms with E-state index < -0.39 is 0 Å². The van der Waals surface area contributed by atoms with E-state index in [1.165, 1.54) is 6.33 Å². The number of aromatic nitrogens is 3. The van der Waals surface area contributed by atoms with Crippen LogP contribution in [0.2, 0.25) is 0 Å². The van der Waals surface area contributed by atoms with Crippen molar-refractivity contribution in [3.8, 4) is 11.3 Å². The molecular weight excluding hydrogens is 226 g/mol. The van der Waals surface area contributed by atoms with Gasteiger partial charge in [0.25, 0.3) is 0 Å². The van der Waals surface area contributed by atoms with E-state index in [2.05, 4.69) is 25.4 Å². The van der Waals surface area contributed by atoms with E-state index >= 15 is 0 Å². The highest BCUT2D eigenvalue weighted by Gasteiger charge is 2.17. The average molecular weight is 241 g/mol. The minimum absolute atomic E-state index is 0.861. The molecule has 1 aromatic carbocycles. The Labute approximate surface area is 106 Å². The van der Waals surface area contributed by atoms with Gasteiger partial charge in [-0.25, -0.2) is 4.98 Å². The Morgan fingerprint density at radius 2 is 1.83 bits per heavy atom. The molecule has 1 aliphatic heterocycles. The second-order valence-electron chi connectivity index (χ2n) is 4.24. The van der Waals surface area contributed by atoms with Gasteiger partial charge in [-0.2, -0.15) is 0 Å². The van der Waals surface area contributed by atoms with Crippen LogP contribution in [0, 0.1) is 0 Å². The average Bonchev–Trinajstić information content (AvgIpc) is 2.49. The van der Waals surface area contributed by atoms with Gasteiger partial charge in [0.1, 0.15) is 12.0 Å². The summed E-state index contributed by atoms with van der Waals surface area (Å²) in [5.74, 6) is 0.928. The third-order valence-electron chi connectivity index (χ3n) is 3.06. The molecule has 0 amide bonds. The number of nitrogens with zero attached hydrogens (tertiary/aromatic N) is 4. The first-order valence-electron chi connectivity index (χ1n) is 6.14. The SMILES string of the molecule is c1ccc(-c2nncnc2N2CCNCC2)cc1. The molecule has 3 rings (SSSR count). The van der Waals surface area contributed by atoms with E-state index in [0.717, 1.165) is 43.3 Å². The fourth-order valence-electron chi connectivity index (χ4n) is 2.16. The third kappa shape index (κ3) is 2.17. The van der Waals surface area contributed by atoms with Crippen molar-refractivity contribution >= 4 is 5.82 Å². The first-order valence-corrected chi connectivity index (χ1v) is 6.14. The van der Waals surface area contributed by atoms with Crippen LogP contribution in [0.25, 0.3) is 11.3 Å². The zero-order valence-electron chi connectivity index (χ0n) is 10.1. The fraction of sp³-hybridized carbons (Fsp3) is 0.308. The summed E-state index contributed by atoms with van der Waals surface area (Å²) in [6, 6.07) is 10.1. The number of rotatable bonds is 2. The lowest BCUT2D eigenvalue weighted by Crippen LogP contribution is -2.44. The Kier molecular flexibility index (Phi) is 3.14. The first-order chi connectivity index (χ1) is 8.95. The number of benzene rings is 1. The van der Waals surface area contributed by atoms with Gasteiger partial charge in [0, 0.05) is 31.7 Å². The molecule has 0 bridgehead atoms. The fourth-order valence-corrected chi connectivity index (χ4v) is 2.16. The lowest BCUT2D eigenvalue weighted by Gasteiger charge is -2.29. The van der Waals surface area contributed by atoms with Crippen LogP contribution in [-0.4, -0.2) is 41.4 Å². The molecule has 1 saturated heterocycles. The number of hydrogen-bond acceptors (Lipinski definition) is 5. The quantitative estimate of drug-likeness (QED) is 0.848. The predicted octanol–water partition coefficient (Wildman–Crippen LogP) is 0.948. The number of anilines is 1. The Morgan fingerprint density at radius 3 is 2.61 bits per heavy atom. The first kappa shape index (κ1) is 11.1. The summed E-state index contributed by atoms with van der Waals surface area (Å²) in [6.07, 6.45) is 1.52. The van der Waals surface area contributed by atoms with Gasteiger partial charge < -0.3 is 10.2 Å². The maximum Gasteiger partial charge on any atom is 0.159 e. The van der Waals surface area contributed by atoms with Crippen LogP contribution in [0.1, 0.15) is 0 Å². The molecule has 0 radical (unpaired) electrons. The van der Waals surface area contributed by atoms with E-state index in [1.807, 2.05) is 30.3 Å². The molecule has 2 heterocycles. The Morgan fingerprint density at radius 1 is 1.06 bits per heavy atom. The highest BCUT2D eigenvalue weighted by Crippen LogP contribution is 2.25. The molecule has 0 saturated carbocycles. The van der Waals surface area contributed by atoms with Crippen LogP contribution in [0.4, 0.5) is 5.82 Å². The summed E-state index contributed by atoms with van der Waals surface area (Å²) in [5, 5.41) is 11.5. The van der Waals surface area contributed by atoms with E-state index in [0.29, 0.717) is 0 Å². The van der Waals surface area contributed by atoms with Gasteiger partial charge in [-0.15, -0.1) is 10.2 Å². The molecule has 92 valence electrons. The lowest BCUT2D eigenvalue weighted by atomic mass is 10.1. The normalized spacial score (nSPS) is 15.7. The molecule has 0 unspecified atom stereocenters. The minimum Gasteiger partial charge on any atom is -0.352 e. The van der Waals surface area contributed by atoms with Crippen molar-refractivity contribution < 1.29 is 0 Å². The largest absolute Gasteiger partial charge is 0.352 e. The van der Waals surface area contributed by atoms with Crippen molar-refractivity contribution in [1.29, 1.82) is 0 Å². The molecular formula is C13H15N5. The van der Waals surface area contributed by atoms with Crippen molar-refractivity contribution in [2.24, 2.45) is 0 Å². The molecule has 0 spiro atoms. The van der Waals surface area contributed by atoms with Crippen molar-refractivity contribution in [3.05, 3.63) is 36.7 Å². The Bertz CT molecular complexity index is 508. The standard InChI is InChI=1S/C13H15N5/c1-2-4-11(5-3-1)12-13(15-10-16-17-12)18-8-6-14-7-9-18/h1-5,10,14H,6-9H2. The summed E-state index contributed by atoms with van der Waals surface area (Å²) >= 11 is 0. The number of hydrogen-bond donors (Lipinski definition) is 1. The molecule has 1 aliphatic rings. The van der Waals surface area contributed by atoms with Crippen LogP contribution in [0.15, 0.2) is 36.7 Å². The smallest absolute Gasteiger partial charge is 0.159 e. The molecule has 2 aromatic rings. The van der Waals surface area contributed by atoms with E-state index in [4.69, 9.17) is 0 Å². The monoisotopic (exact) mass is 241 g/mol. The molecule has 18 heavy (non-hydrogen) atoms. The van der Waals surface area contributed by atoms with E-state index in [-0.39, 0.29) is 0 Å². The van der Waals surface area contributed by atoms with Gasteiger partial charge in [-0.05, 0) is 0 Å². The Hall–Kier alpha value is -2.01. The highest BCUT2D eigenvalue weighted by molar-refractivity contribution is 5.71. The van der Waals surface area contributed by atoms with Crippen LogP contribution in [0.3, 0.4) is 0 Å². The van der Waals surface area contributed by atoms with Crippen molar-refractivity contribution in [3.63, 3.8) is 0 Å². The number of piperazine rings is 1. The molecule has 5 heteroatoms. The van der Waals surface area contributed by atoms with Crippen molar-refractivity contribution in [2.45, 2.75) is 0 Å². The minimum atomic E-state index is 0.861. The van der Waals surface area contributed by atoms with Gasteiger partial charge in [-0.1, -0.05) is 30.3 Å². The van der Waals surface area contributed by atoms with Crippen LogP contribution >= 0.6 is 0 Å². The van der Waals surface area contributed by atoms with Gasteiger partial charge in [0.15, 0.2) is 5.82 Å². The van der Waals surface area contributed by atoms with Crippen LogP contribution in [0.5, 0.6) is 0 Å². The van der Waals surface area contributed by atoms with Gasteiger partial charge in [0.2, 0.25) is 0 Å². The third-order valence-corrected chi connectivity index (χ3v) is 3.06.